The summed E-state index contributed by atoms with van der Waals surface area (Å²) in [5, 5.41) is 12.5. The molecular formula is C17H24N2O3. The van der Waals surface area contributed by atoms with Crippen LogP contribution in [0.25, 0.3) is 0 Å². The molecule has 1 fully saturated rings. The highest BCUT2D eigenvalue weighted by atomic mass is 16.5. The molecule has 5 heteroatoms. The first-order chi connectivity index (χ1) is 10.7. The Kier molecular flexibility index (Phi) is 4.36. The van der Waals surface area contributed by atoms with Crippen molar-refractivity contribution in [1.82, 2.24) is 4.90 Å². The number of aliphatic hydroxyl groups is 1. The molecule has 0 saturated carbocycles. The van der Waals surface area contributed by atoms with Gasteiger partial charge in [0.1, 0.15) is 0 Å². The van der Waals surface area contributed by atoms with Crippen LogP contribution in [0.2, 0.25) is 0 Å². The Morgan fingerprint density at radius 3 is 2.73 bits per heavy atom. The lowest BCUT2D eigenvalue weighted by Crippen LogP contribution is -2.46. The first-order valence-corrected chi connectivity index (χ1v) is 8.02. The summed E-state index contributed by atoms with van der Waals surface area (Å²) in [7, 11) is 0. The summed E-state index contributed by atoms with van der Waals surface area (Å²) in [6.45, 7) is 5.01. The SMILES string of the molecule is CCC1(CO)CCN(C(=O)Nc2ccc3c(c2)COC3)CC1. The summed E-state index contributed by atoms with van der Waals surface area (Å²) in [6.07, 6.45) is 2.70. The van der Waals surface area contributed by atoms with Gasteiger partial charge >= 0.3 is 6.03 Å². The van der Waals surface area contributed by atoms with Gasteiger partial charge in [-0.2, -0.15) is 0 Å². The maximum atomic E-state index is 12.4. The number of rotatable bonds is 3. The minimum absolute atomic E-state index is 0.00168. The zero-order valence-corrected chi connectivity index (χ0v) is 13.1. The molecule has 1 aromatic carbocycles. The minimum Gasteiger partial charge on any atom is -0.396 e. The van der Waals surface area contributed by atoms with E-state index in [4.69, 9.17) is 4.74 Å². The lowest BCUT2D eigenvalue weighted by atomic mass is 9.77. The van der Waals surface area contributed by atoms with Crippen molar-refractivity contribution < 1.29 is 14.6 Å². The van der Waals surface area contributed by atoms with Gasteiger partial charge in [0.15, 0.2) is 0 Å². The van der Waals surface area contributed by atoms with Crippen LogP contribution in [0.3, 0.4) is 0 Å². The van der Waals surface area contributed by atoms with Crippen molar-refractivity contribution in [2.24, 2.45) is 5.41 Å². The number of nitrogens with zero attached hydrogens (tertiary/aromatic N) is 1. The van der Waals surface area contributed by atoms with Gasteiger partial charge < -0.3 is 20.1 Å². The first kappa shape index (κ1) is 15.3. The molecule has 0 bridgehead atoms. The smallest absolute Gasteiger partial charge is 0.321 e. The van der Waals surface area contributed by atoms with Crippen molar-refractivity contribution in [2.45, 2.75) is 39.4 Å². The molecule has 2 N–H and O–H groups in total. The second-order valence-corrected chi connectivity index (χ2v) is 6.41. The number of benzene rings is 1. The number of urea groups is 1. The van der Waals surface area contributed by atoms with Gasteiger partial charge in [-0.1, -0.05) is 13.0 Å². The van der Waals surface area contributed by atoms with E-state index in [0.717, 1.165) is 30.5 Å². The molecule has 2 heterocycles. The number of anilines is 1. The van der Waals surface area contributed by atoms with E-state index in [1.165, 1.54) is 5.56 Å². The Hall–Kier alpha value is -1.59. The summed E-state index contributed by atoms with van der Waals surface area (Å²) in [6, 6.07) is 5.89. The van der Waals surface area contributed by atoms with Gasteiger partial charge in [-0.25, -0.2) is 4.79 Å². The van der Waals surface area contributed by atoms with Gasteiger partial charge in [-0.15, -0.1) is 0 Å². The minimum atomic E-state index is -0.0542. The second-order valence-electron chi connectivity index (χ2n) is 6.41. The highest BCUT2D eigenvalue weighted by molar-refractivity contribution is 5.89. The van der Waals surface area contributed by atoms with Gasteiger partial charge in [-0.05, 0) is 47.9 Å². The summed E-state index contributed by atoms with van der Waals surface area (Å²) in [4.78, 5) is 14.2. The van der Waals surface area contributed by atoms with E-state index in [1.54, 1.807) is 0 Å². The van der Waals surface area contributed by atoms with Crippen molar-refractivity contribution in [3.63, 3.8) is 0 Å². The van der Waals surface area contributed by atoms with Crippen molar-refractivity contribution in [2.75, 3.05) is 25.0 Å². The van der Waals surface area contributed by atoms with Crippen LogP contribution in [-0.4, -0.2) is 35.7 Å². The molecule has 1 aromatic rings. The first-order valence-electron chi connectivity index (χ1n) is 8.02. The van der Waals surface area contributed by atoms with Crippen LogP contribution in [0.1, 0.15) is 37.3 Å². The van der Waals surface area contributed by atoms with Gasteiger partial charge in [0.25, 0.3) is 0 Å². The van der Waals surface area contributed by atoms with Crippen LogP contribution < -0.4 is 5.32 Å². The number of aliphatic hydroxyl groups excluding tert-OH is 1. The van der Waals surface area contributed by atoms with E-state index in [-0.39, 0.29) is 18.1 Å². The lowest BCUT2D eigenvalue weighted by Gasteiger charge is -2.40. The van der Waals surface area contributed by atoms with Crippen LogP contribution >= 0.6 is 0 Å². The van der Waals surface area contributed by atoms with Crippen LogP contribution in [0.15, 0.2) is 18.2 Å². The average Bonchev–Trinajstić information content (AvgIpc) is 3.02. The Morgan fingerprint density at radius 2 is 2.05 bits per heavy atom. The fraction of sp³-hybridized carbons (Fsp3) is 0.588. The van der Waals surface area contributed by atoms with Crippen LogP contribution in [0.5, 0.6) is 0 Å². The predicted octanol–water partition coefficient (Wildman–Crippen LogP) is 2.73. The summed E-state index contributed by atoms with van der Waals surface area (Å²) < 4.78 is 5.39. The fourth-order valence-corrected chi connectivity index (χ4v) is 3.26. The van der Waals surface area contributed by atoms with E-state index in [9.17, 15) is 9.90 Å². The number of carbonyl (C=O) groups is 1. The van der Waals surface area contributed by atoms with E-state index in [1.807, 2.05) is 23.1 Å². The number of carbonyl (C=O) groups excluding carboxylic acids is 1. The molecule has 0 aromatic heterocycles. The van der Waals surface area contributed by atoms with E-state index in [2.05, 4.69) is 12.2 Å². The quantitative estimate of drug-likeness (QED) is 0.902. The monoisotopic (exact) mass is 304 g/mol. The third-order valence-electron chi connectivity index (χ3n) is 5.17. The van der Waals surface area contributed by atoms with Crippen molar-refractivity contribution in [1.29, 1.82) is 0 Å². The number of piperidine rings is 1. The fourth-order valence-electron chi connectivity index (χ4n) is 3.26. The molecule has 0 atom stereocenters. The number of nitrogens with one attached hydrogen (secondary N) is 1. The van der Waals surface area contributed by atoms with Crippen LogP contribution in [-0.2, 0) is 18.0 Å². The number of ether oxygens (including phenoxy) is 1. The normalized spacial score (nSPS) is 19.8. The molecule has 2 aliphatic rings. The van der Waals surface area contributed by atoms with Crippen LogP contribution in [0.4, 0.5) is 10.5 Å². The Balaban J connectivity index is 1.59. The molecule has 0 unspecified atom stereocenters. The molecule has 0 spiro atoms. The number of fused-ring (bicyclic) bond motifs is 1. The molecule has 5 nitrogen and oxygen atoms in total. The predicted molar refractivity (Wildman–Crippen MR) is 84.6 cm³/mol. The molecule has 22 heavy (non-hydrogen) atoms. The molecule has 0 radical (unpaired) electrons. The van der Waals surface area contributed by atoms with E-state index >= 15 is 0 Å². The third kappa shape index (κ3) is 2.96. The summed E-state index contributed by atoms with van der Waals surface area (Å²) >= 11 is 0. The van der Waals surface area contributed by atoms with Crippen molar-refractivity contribution >= 4 is 11.7 Å². The average molecular weight is 304 g/mol. The lowest BCUT2D eigenvalue weighted by molar-refractivity contribution is 0.0542. The highest BCUT2D eigenvalue weighted by Gasteiger charge is 2.33. The largest absolute Gasteiger partial charge is 0.396 e. The number of amides is 2. The van der Waals surface area contributed by atoms with Gasteiger partial charge in [0.05, 0.1) is 13.2 Å². The highest BCUT2D eigenvalue weighted by Crippen LogP contribution is 2.34. The Bertz CT molecular complexity index is 545. The third-order valence-corrected chi connectivity index (χ3v) is 5.17. The number of hydrogen-bond acceptors (Lipinski definition) is 3. The molecule has 120 valence electrons. The second kappa shape index (κ2) is 6.26. The number of hydrogen-bond donors (Lipinski definition) is 2. The molecule has 2 aliphatic heterocycles. The topological polar surface area (TPSA) is 61.8 Å². The molecule has 2 amide bonds. The standard InChI is InChI=1S/C17H24N2O3/c1-2-17(12-20)5-7-19(8-6-17)16(21)18-15-4-3-13-10-22-11-14(13)9-15/h3-4,9,20H,2,5-8,10-12H2,1H3,(H,18,21). The maximum Gasteiger partial charge on any atom is 0.321 e. The van der Waals surface area contributed by atoms with Crippen molar-refractivity contribution in [3.05, 3.63) is 29.3 Å². The van der Waals surface area contributed by atoms with Crippen LogP contribution in [0, 0.1) is 5.41 Å². The molecule has 3 rings (SSSR count). The molecular weight excluding hydrogens is 280 g/mol. The van der Waals surface area contributed by atoms with Gasteiger partial charge in [0.2, 0.25) is 0 Å². The molecule has 1 saturated heterocycles. The zero-order chi connectivity index (χ0) is 15.6. The van der Waals surface area contributed by atoms with Gasteiger partial charge in [-0.3, -0.25) is 0 Å². The van der Waals surface area contributed by atoms with E-state index in [0.29, 0.717) is 26.3 Å². The molecule has 0 aliphatic carbocycles. The summed E-state index contributed by atoms with van der Waals surface area (Å²) in [5.41, 5.74) is 3.18. The van der Waals surface area contributed by atoms with Crippen molar-refractivity contribution in [3.8, 4) is 0 Å². The number of likely N-dealkylation sites (tertiary alicyclic amines) is 1. The summed E-state index contributed by atoms with van der Waals surface area (Å²) in [5.74, 6) is 0. The Labute approximate surface area is 131 Å². The Morgan fingerprint density at radius 1 is 1.32 bits per heavy atom. The van der Waals surface area contributed by atoms with E-state index < -0.39 is 0 Å². The maximum absolute atomic E-state index is 12.4. The zero-order valence-electron chi connectivity index (χ0n) is 13.1. The van der Waals surface area contributed by atoms with Gasteiger partial charge in [0, 0.05) is 25.4 Å².